The lowest BCUT2D eigenvalue weighted by atomic mass is 9.87. The van der Waals surface area contributed by atoms with E-state index in [1.165, 1.54) is 12.0 Å². The Hall–Kier alpha value is -0.980. The number of hydrogen-bond acceptors (Lipinski definition) is 1. The van der Waals surface area contributed by atoms with Gasteiger partial charge in [0.15, 0.2) is 0 Å². The van der Waals surface area contributed by atoms with Crippen LogP contribution in [0.2, 0.25) is 0 Å². The van der Waals surface area contributed by atoms with Gasteiger partial charge in [0.25, 0.3) is 0 Å². The Morgan fingerprint density at radius 2 is 1.71 bits per heavy atom. The molecule has 1 aromatic rings. The predicted octanol–water partition coefficient (Wildman–Crippen LogP) is 3.42. The second-order valence-electron chi connectivity index (χ2n) is 5.48. The molecule has 0 radical (unpaired) electrons. The zero-order valence-corrected chi connectivity index (χ0v) is 9.25. The zero-order valence-electron chi connectivity index (χ0n) is 9.25. The molecule has 0 heterocycles. The van der Waals surface area contributed by atoms with Gasteiger partial charge >= 0.3 is 0 Å². The quantitative estimate of drug-likeness (QED) is 0.673. The SMILES string of the molecule is CC(C)(C)C1CC1c1ccc(N)cc1. The summed E-state index contributed by atoms with van der Waals surface area (Å²) in [5.41, 5.74) is 8.44. The average molecular weight is 189 g/mol. The van der Waals surface area contributed by atoms with Gasteiger partial charge in [0.1, 0.15) is 0 Å². The summed E-state index contributed by atoms with van der Waals surface area (Å²) in [4.78, 5) is 0. The van der Waals surface area contributed by atoms with Crippen LogP contribution < -0.4 is 5.73 Å². The van der Waals surface area contributed by atoms with E-state index in [0.717, 1.165) is 17.5 Å². The van der Waals surface area contributed by atoms with Crippen molar-refractivity contribution in [1.82, 2.24) is 0 Å². The average Bonchev–Trinajstić information content (AvgIpc) is 2.83. The molecule has 0 saturated heterocycles. The van der Waals surface area contributed by atoms with Crippen LogP contribution in [0.4, 0.5) is 5.69 Å². The molecule has 0 aliphatic heterocycles. The van der Waals surface area contributed by atoms with E-state index in [1.54, 1.807) is 0 Å². The molecule has 2 N–H and O–H groups in total. The van der Waals surface area contributed by atoms with Crippen molar-refractivity contribution in [3.05, 3.63) is 29.8 Å². The van der Waals surface area contributed by atoms with Crippen molar-refractivity contribution < 1.29 is 0 Å². The van der Waals surface area contributed by atoms with Gasteiger partial charge in [-0.2, -0.15) is 0 Å². The van der Waals surface area contributed by atoms with E-state index >= 15 is 0 Å². The highest BCUT2D eigenvalue weighted by atomic mass is 14.5. The highest BCUT2D eigenvalue weighted by Gasteiger charge is 2.45. The molecule has 1 aromatic carbocycles. The van der Waals surface area contributed by atoms with E-state index in [9.17, 15) is 0 Å². The summed E-state index contributed by atoms with van der Waals surface area (Å²) >= 11 is 0. The third kappa shape index (κ3) is 1.77. The summed E-state index contributed by atoms with van der Waals surface area (Å²) < 4.78 is 0. The van der Waals surface area contributed by atoms with Crippen LogP contribution in [0.3, 0.4) is 0 Å². The Bertz CT molecular complexity index is 318. The molecule has 0 aromatic heterocycles. The Kier molecular flexibility index (Phi) is 2.06. The lowest BCUT2D eigenvalue weighted by molar-refractivity contribution is 0.343. The van der Waals surface area contributed by atoms with Gasteiger partial charge in [-0.05, 0) is 41.4 Å². The van der Waals surface area contributed by atoms with Crippen molar-refractivity contribution in [2.24, 2.45) is 11.3 Å². The fourth-order valence-electron chi connectivity index (χ4n) is 2.26. The Morgan fingerprint density at radius 1 is 1.14 bits per heavy atom. The zero-order chi connectivity index (χ0) is 10.3. The molecular formula is C13H19N. The van der Waals surface area contributed by atoms with Crippen molar-refractivity contribution in [2.75, 3.05) is 5.73 Å². The van der Waals surface area contributed by atoms with Crippen LogP contribution in [0.1, 0.15) is 38.7 Å². The van der Waals surface area contributed by atoms with E-state index in [0.29, 0.717) is 5.41 Å². The van der Waals surface area contributed by atoms with Crippen molar-refractivity contribution in [1.29, 1.82) is 0 Å². The Labute approximate surface area is 86.3 Å². The molecule has 76 valence electrons. The highest BCUT2D eigenvalue weighted by molar-refractivity contribution is 5.41. The van der Waals surface area contributed by atoms with Crippen molar-refractivity contribution in [3.63, 3.8) is 0 Å². The second-order valence-corrected chi connectivity index (χ2v) is 5.48. The number of nitrogens with two attached hydrogens (primary N) is 1. The molecule has 2 atom stereocenters. The number of rotatable bonds is 1. The number of nitrogen functional groups attached to an aromatic ring is 1. The first-order valence-electron chi connectivity index (χ1n) is 5.34. The van der Waals surface area contributed by atoms with Crippen molar-refractivity contribution >= 4 is 5.69 Å². The van der Waals surface area contributed by atoms with Gasteiger partial charge < -0.3 is 5.73 Å². The molecular weight excluding hydrogens is 170 g/mol. The monoisotopic (exact) mass is 189 g/mol. The first-order valence-corrected chi connectivity index (χ1v) is 5.34. The molecule has 1 nitrogen and oxygen atoms in total. The summed E-state index contributed by atoms with van der Waals surface area (Å²) in [5, 5.41) is 0. The van der Waals surface area contributed by atoms with E-state index < -0.39 is 0 Å². The minimum atomic E-state index is 0.450. The predicted molar refractivity (Wildman–Crippen MR) is 61.2 cm³/mol. The molecule has 0 amide bonds. The summed E-state index contributed by atoms with van der Waals surface area (Å²) in [7, 11) is 0. The molecule has 1 aliphatic carbocycles. The second kappa shape index (κ2) is 3.01. The maximum atomic E-state index is 5.67. The van der Waals surface area contributed by atoms with E-state index in [2.05, 4.69) is 32.9 Å². The van der Waals surface area contributed by atoms with Crippen LogP contribution in [0.25, 0.3) is 0 Å². The van der Waals surface area contributed by atoms with E-state index in [1.807, 2.05) is 12.1 Å². The maximum absolute atomic E-state index is 5.67. The summed E-state index contributed by atoms with van der Waals surface area (Å²) in [6.07, 6.45) is 1.34. The van der Waals surface area contributed by atoms with Crippen LogP contribution in [0.5, 0.6) is 0 Å². The van der Waals surface area contributed by atoms with Gasteiger partial charge in [0, 0.05) is 5.69 Å². The largest absolute Gasteiger partial charge is 0.399 e. The summed E-state index contributed by atoms with van der Waals surface area (Å²) in [6.45, 7) is 6.99. The number of benzene rings is 1. The van der Waals surface area contributed by atoms with Crippen LogP contribution in [0, 0.1) is 11.3 Å². The van der Waals surface area contributed by atoms with Gasteiger partial charge in [0.2, 0.25) is 0 Å². The lowest BCUT2D eigenvalue weighted by Gasteiger charge is -2.18. The topological polar surface area (TPSA) is 26.0 Å². The first-order chi connectivity index (χ1) is 6.48. The molecule has 0 spiro atoms. The third-order valence-electron chi connectivity index (χ3n) is 3.27. The molecule has 14 heavy (non-hydrogen) atoms. The maximum Gasteiger partial charge on any atom is 0.0314 e. The minimum Gasteiger partial charge on any atom is -0.399 e. The van der Waals surface area contributed by atoms with E-state index in [-0.39, 0.29) is 0 Å². The molecule has 2 rings (SSSR count). The number of anilines is 1. The van der Waals surface area contributed by atoms with Crippen molar-refractivity contribution in [3.8, 4) is 0 Å². The standard InChI is InChI=1S/C13H19N/c1-13(2,3)12-8-11(12)9-4-6-10(14)7-5-9/h4-7,11-12H,8,14H2,1-3H3. The van der Waals surface area contributed by atoms with Gasteiger partial charge in [-0.15, -0.1) is 0 Å². The molecule has 1 heteroatoms. The van der Waals surface area contributed by atoms with E-state index in [4.69, 9.17) is 5.73 Å². The summed E-state index contributed by atoms with van der Waals surface area (Å²) in [6, 6.07) is 8.36. The van der Waals surface area contributed by atoms with Crippen molar-refractivity contribution in [2.45, 2.75) is 33.1 Å². The van der Waals surface area contributed by atoms with Crippen LogP contribution >= 0.6 is 0 Å². The molecule has 2 unspecified atom stereocenters. The molecule has 0 bridgehead atoms. The van der Waals surface area contributed by atoms with Crippen LogP contribution in [0.15, 0.2) is 24.3 Å². The minimum absolute atomic E-state index is 0.450. The first kappa shape index (κ1) is 9.57. The van der Waals surface area contributed by atoms with Crippen LogP contribution in [-0.2, 0) is 0 Å². The van der Waals surface area contributed by atoms with Gasteiger partial charge in [-0.3, -0.25) is 0 Å². The molecule has 1 saturated carbocycles. The molecule has 1 fully saturated rings. The Morgan fingerprint density at radius 3 is 2.14 bits per heavy atom. The highest BCUT2D eigenvalue weighted by Crippen LogP contribution is 2.56. The molecule has 1 aliphatic rings. The lowest BCUT2D eigenvalue weighted by Crippen LogP contribution is -2.08. The van der Waals surface area contributed by atoms with Gasteiger partial charge in [-0.1, -0.05) is 32.9 Å². The van der Waals surface area contributed by atoms with Crippen LogP contribution in [-0.4, -0.2) is 0 Å². The fourth-order valence-corrected chi connectivity index (χ4v) is 2.26. The number of hydrogen-bond donors (Lipinski definition) is 1. The smallest absolute Gasteiger partial charge is 0.0314 e. The van der Waals surface area contributed by atoms with Gasteiger partial charge in [-0.25, -0.2) is 0 Å². The Balaban J connectivity index is 2.10. The summed E-state index contributed by atoms with van der Waals surface area (Å²) in [5.74, 6) is 1.63. The normalized spacial score (nSPS) is 26.2. The fraction of sp³-hybridized carbons (Fsp3) is 0.538. The van der Waals surface area contributed by atoms with Gasteiger partial charge in [0.05, 0.1) is 0 Å². The third-order valence-corrected chi connectivity index (χ3v) is 3.27.